The van der Waals surface area contributed by atoms with Crippen LogP contribution in [0.15, 0.2) is 6.07 Å². The van der Waals surface area contributed by atoms with E-state index in [0.717, 1.165) is 15.1 Å². The van der Waals surface area contributed by atoms with Gasteiger partial charge in [-0.3, -0.25) is 0 Å². The number of thiophene rings is 1. The third-order valence-corrected chi connectivity index (χ3v) is 2.53. The number of rotatable bonds is 0. The van der Waals surface area contributed by atoms with E-state index in [-0.39, 0.29) is 0 Å². The fourth-order valence-corrected chi connectivity index (χ4v) is 1.96. The molecular weight excluding hydrogens is 149 g/mol. The van der Waals surface area contributed by atoms with E-state index in [9.17, 15) is 0 Å². The summed E-state index contributed by atoms with van der Waals surface area (Å²) < 4.78 is 1.13. The summed E-state index contributed by atoms with van der Waals surface area (Å²) in [4.78, 5) is 0.819. The SMILES string of the molecule is Cc1cc(P)sc1C#N. The summed E-state index contributed by atoms with van der Waals surface area (Å²) in [6.45, 7) is 1.95. The van der Waals surface area contributed by atoms with Crippen molar-refractivity contribution in [2.75, 3.05) is 0 Å². The average molecular weight is 155 g/mol. The monoisotopic (exact) mass is 155 g/mol. The molecule has 0 amide bonds. The Hall–Kier alpha value is -0.380. The lowest BCUT2D eigenvalue weighted by molar-refractivity contribution is 1.47. The van der Waals surface area contributed by atoms with Crippen molar-refractivity contribution in [3.05, 3.63) is 16.5 Å². The van der Waals surface area contributed by atoms with Crippen molar-refractivity contribution in [2.24, 2.45) is 0 Å². The largest absolute Gasteiger partial charge is 0.192 e. The molecule has 0 aromatic carbocycles. The van der Waals surface area contributed by atoms with Crippen LogP contribution in [0.25, 0.3) is 0 Å². The van der Waals surface area contributed by atoms with Gasteiger partial charge in [-0.15, -0.1) is 11.3 Å². The molecule has 0 aliphatic carbocycles. The molecule has 1 atom stereocenters. The molecule has 0 bridgehead atoms. The Morgan fingerprint density at radius 1 is 1.78 bits per heavy atom. The van der Waals surface area contributed by atoms with Crippen LogP contribution in [0.2, 0.25) is 0 Å². The molecule has 1 unspecified atom stereocenters. The van der Waals surface area contributed by atoms with Crippen molar-refractivity contribution < 1.29 is 0 Å². The molecule has 0 N–H and O–H groups in total. The van der Waals surface area contributed by atoms with Crippen LogP contribution < -0.4 is 4.62 Å². The Bertz CT molecular complexity index is 259. The van der Waals surface area contributed by atoms with Crippen LogP contribution >= 0.6 is 20.6 Å². The number of aryl methyl sites for hydroxylation is 1. The fraction of sp³-hybridized carbons (Fsp3) is 0.167. The first-order valence-electron chi connectivity index (χ1n) is 2.50. The number of hydrogen-bond acceptors (Lipinski definition) is 2. The van der Waals surface area contributed by atoms with Crippen molar-refractivity contribution in [1.82, 2.24) is 0 Å². The van der Waals surface area contributed by atoms with Crippen molar-refractivity contribution in [3.8, 4) is 6.07 Å². The van der Waals surface area contributed by atoms with Gasteiger partial charge in [0.15, 0.2) is 0 Å². The highest BCUT2D eigenvalue weighted by Crippen LogP contribution is 2.13. The normalized spacial score (nSPS) is 9.00. The van der Waals surface area contributed by atoms with Gasteiger partial charge in [0, 0.05) is 4.62 Å². The standard InChI is InChI=1S/C6H6NPS/c1-4-2-6(8)9-5(4)3-7/h2H,8H2,1H3. The van der Waals surface area contributed by atoms with E-state index in [1.807, 2.05) is 13.0 Å². The first kappa shape index (κ1) is 6.74. The summed E-state index contributed by atoms with van der Waals surface area (Å²) in [6.07, 6.45) is 0. The topological polar surface area (TPSA) is 23.8 Å². The lowest BCUT2D eigenvalue weighted by Crippen LogP contribution is -1.71. The van der Waals surface area contributed by atoms with E-state index in [1.54, 1.807) is 0 Å². The molecule has 1 aromatic heterocycles. The minimum atomic E-state index is 0.819. The van der Waals surface area contributed by atoms with Crippen LogP contribution in [0.4, 0.5) is 0 Å². The predicted molar refractivity (Wildman–Crippen MR) is 43.1 cm³/mol. The summed E-state index contributed by atoms with van der Waals surface area (Å²) in [5.41, 5.74) is 1.08. The highest BCUT2D eigenvalue weighted by Gasteiger charge is 1.98. The molecule has 0 radical (unpaired) electrons. The van der Waals surface area contributed by atoms with Gasteiger partial charge in [0.2, 0.25) is 0 Å². The number of nitriles is 1. The van der Waals surface area contributed by atoms with Crippen LogP contribution in [-0.2, 0) is 0 Å². The predicted octanol–water partition coefficient (Wildman–Crippen LogP) is 1.43. The summed E-state index contributed by atoms with van der Waals surface area (Å²) in [6, 6.07) is 4.12. The first-order valence-corrected chi connectivity index (χ1v) is 3.89. The number of nitrogens with zero attached hydrogens (tertiary/aromatic N) is 1. The van der Waals surface area contributed by atoms with Gasteiger partial charge in [0.25, 0.3) is 0 Å². The van der Waals surface area contributed by atoms with Gasteiger partial charge in [0.1, 0.15) is 10.9 Å². The van der Waals surface area contributed by atoms with Gasteiger partial charge >= 0.3 is 0 Å². The van der Waals surface area contributed by atoms with Crippen molar-refractivity contribution in [2.45, 2.75) is 6.92 Å². The lowest BCUT2D eigenvalue weighted by Gasteiger charge is -1.76. The Balaban J connectivity index is 3.20. The summed E-state index contributed by atoms with van der Waals surface area (Å²) in [7, 11) is 2.58. The lowest BCUT2D eigenvalue weighted by atomic mass is 10.3. The Morgan fingerprint density at radius 2 is 2.44 bits per heavy atom. The second kappa shape index (κ2) is 2.47. The second-order valence-electron chi connectivity index (χ2n) is 1.77. The van der Waals surface area contributed by atoms with E-state index in [4.69, 9.17) is 5.26 Å². The van der Waals surface area contributed by atoms with Crippen LogP contribution in [0, 0.1) is 18.3 Å². The Labute approximate surface area is 60.5 Å². The zero-order valence-corrected chi connectivity index (χ0v) is 6.98. The van der Waals surface area contributed by atoms with E-state index in [0.29, 0.717) is 0 Å². The molecular formula is C6H6NPS. The molecule has 0 aliphatic heterocycles. The first-order chi connectivity index (χ1) is 4.24. The molecule has 0 saturated heterocycles. The van der Waals surface area contributed by atoms with Gasteiger partial charge in [-0.25, -0.2) is 0 Å². The highest BCUT2D eigenvalue weighted by atomic mass is 32.1. The fourth-order valence-electron chi connectivity index (χ4n) is 0.618. The van der Waals surface area contributed by atoms with Gasteiger partial charge in [0.05, 0.1) is 0 Å². The maximum atomic E-state index is 8.48. The zero-order valence-electron chi connectivity index (χ0n) is 5.01. The molecule has 0 saturated carbocycles. The van der Waals surface area contributed by atoms with Gasteiger partial charge in [-0.1, -0.05) is 9.24 Å². The Morgan fingerprint density at radius 3 is 2.67 bits per heavy atom. The molecule has 0 fully saturated rings. The summed E-state index contributed by atoms with van der Waals surface area (Å²) in [5, 5.41) is 8.48. The van der Waals surface area contributed by atoms with E-state index < -0.39 is 0 Å². The maximum absolute atomic E-state index is 8.48. The van der Waals surface area contributed by atoms with Crippen LogP contribution in [0.5, 0.6) is 0 Å². The smallest absolute Gasteiger partial charge is 0.110 e. The van der Waals surface area contributed by atoms with Crippen molar-refractivity contribution >= 4 is 25.2 Å². The van der Waals surface area contributed by atoms with Crippen LogP contribution in [0.1, 0.15) is 10.4 Å². The van der Waals surface area contributed by atoms with E-state index >= 15 is 0 Å². The molecule has 0 spiro atoms. The molecule has 46 valence electrons. The molecule has 0 aliphatic rings. The van der Waals surface area contributed by atoms with E-state index in [2.05, 4.69) is 15.3 Å². The second-order valence-corrected chi connectivity index (χ2v) is 3.90. The molecule has 1 aromatic rings. The van der Waals surface area contributed by atoms with Gasteiger partial charge in [-0.05, 0) is 18.6 Å². The molecule has 1 rings (SSSR count). The van der Waals surface area contributed by atoms with Crippen molar-refractivity contribution in [1.29, 1.82) is 5.26 Å². The summed E-state index contributed by atoms with van der Waals surface area (Å²) >= 11 is 1.52. The van der Waals surface area contributed by atoms with Crippen LogP contribution in [-0.4, -0.2) is 0 Å². The van der Waals surface area contributed by atoms with Gasteiger partial charge in [-0.2, -0.15) is 5.26 Å². The minimum Gasteiger partial charge on any atom is -0.192 e. The highest BCUT2D eigenvalue weighted by molar-refractivity contribution is 7.43. The van der Waals surface area contributed by atoms with Gasteiger partial charge < -0.3 is 0 Å². The zero-order chi connectivity index (χ0) is 6.85. The minimum absolute atomic E-state index is 0.819. The third-order valence-electron chi connectivity index (χ3n) is 1.04. The maximum Gasteiger partial charge on any atom is 0.110 e. The van der Waals surface area contributed by atoms with Crippen LogP contribution in [0.3, 0.4) is 0 Å². The third kappa shape index (κ3) is 1.30. The average Bonchev–Trinajstić information content (AvgIpc) is 2.10. The van der Waals surface area contributed by atoms with E-state index in [1.165, 1.54) is 11.3 Å². The summed E-state index contributed by atoms with van der Waals surface area (Å²) in [5.74, 6) is 0. The number of hydrogen-bond donors (Lipinski definition) is 0. The molecule has 1 heterocycles. The molecule has 9 heavy (non-hydrogen) atoms. The quantitative estimate of drug-likeness (QED) is 0.520. The van der Waals surface area contributed by atoms with Crippen molar-refractivity contribution in [3.63, 3.8) is 0 Å². The Kier molecular flexibility index (Phi) is 1.85. The molecule has 1 nitrogen and oxygen atoms in total. The molecule has 3 heteroatoms.